The van der Waals surface area contributed by atoms with E-state index in [0.29, 0.717) is 12.5 Å². The maximum absolute atomic E-state index is 11.8. The van der Waals surface area contributed by atoms with Crippen molar-refractivity contribution in [2.24, 2.45) is 0 Å². The Bertz CT molecular complexity index is 387. The molecule has 0 fully saturated rings. The van der Waals surface area contributed by atoms with Gasteiger partial charge in [-0.05, 0) is 11.6 Å². The fraction of sp³-hybridized carbons (Fsp3) is 0.462. The smallest absolute Gasteiger partial charge is 0.231 e. The molecule has 0 bridgehead atoms. The van der Waals surface area contributed by atoms with E-state index >= 15 is 0 Å². The third-order valence-corrected chi connectivity index (χ3v) is 2.81. The van der Waals surface area contributed by atoms with E-state index in [1.54, 1.807) is 0 Å². The zero-order chi connectivity index (χ0) is 11.5. The van der Waals surface area contributed by atoms with Gasteiger partial charge >= 0.3 is 0 Å². The largest absolute Gasteiger partial charge is 0.313 e. The van der Waals surface area contributed by atoms with Crippen LogP contribution in [0.4, 0.5) is 5.69 Å². The van der Waals surface area contributed by atoms with Crippen LogP contribution in [0.2, 0.25) is 0 Å². The Hall–Kier alpha value is -1.35. The molecule has 0 aliphatic carbocycles. The molecule has 16 heavy (non-hydrogen) atoms. The Morgan fingerprint density at radius 3 is 2.88 bits per heavy atom. The van der Waals surface area contributed by atoms with Crippen LogP contribution in [0.25, 0.3) is 0 Å². The van der Waals surface area contributed by atoms with Crippen molar-refractivity contribution in [2.75, 3.05) is 18.0 Å². The van der Waals surface area contributed by atoms with Crippen LogP contribution < -0.4 is 10.2 Å². The fourth-order valence-electron chi connectivity index (χ4n) is 2.03. The van der Waals surface area contributed by atoms with Crippen molar-refractivity contribution in [1.82, 2.24) is 5.32 Å². The fourth-order valence-corrected chi connectivity index (χ4v) is 2.03. The van der Waals surface area contributed by atoms with E-state index < -0.39 is 0 Å². The lowest BCUT2D eigenvalue weighted by molar-refractivity contribution is -0.117. The maximum atomic E-state index is 11.8. The van der Waals surface area contributed by atoms with Gasteiger partial charge in [0.2, 0.25) is 5.91 Å². The first-order chi connectivity index (χ1) is 7.68. The normalized spacial score (nSPS) is 14.7. The van der Waals surface area contributed by atoms with E-state index in [-0.39, 0.29) is 5.91 Å². The lowest BCUT2D eigenvalue weighted by Crippen LogP contribution is -2.36. The summed E-state index contributed by atoms with van der Waals surface area (Å²) in [6, 6.07) is 8.49. The SMILES string of the molecule is CC(C)NCCN1C(=O)Cc2ccccc21. The second kappa shape index (κ2) is 4.66. The average Bonchev–Trinajstić information content (AvgIpc) is 2.55. The molecule has 0 saturated heterocycles. The number of rotatable bonds is 4. The Kier molecular flexibility index (Phi) is 3.25. The predicted octanol–water partition coefficient (Wildman–Crippen LogP) is 1.57. The molecule has 0 atom stereocenters. The predicted molar refractivity (Wildman–Crippen MR) is 65.6 cm³/mol. The lowest BCUT2D eigenvalue weighted by atomic mass is 10.2. The van der Waals surface area contributed by atoms with Crippen molar-refractivity contribution in [3.05, 3.63) is 29.8 Å². The Balaban J connectivity index is 2.02. The van der Waals surface area contributed by atoms with Gasteiger partial charge < -0.3 is 10.2 Å². The lowest BCUT2D eigenvalue weighted by Gasteiger charge is -2.18. The van der Waals surface area contributed by atoms with Gasteiger partial charge in [0.15, 0.2) is 0 Å². The van der Waals surface area contributed by atoms with Crippen molar-refractivity contribution in [3.8, 4) is 0 Å². The van der Waals surface area contributed by atoms with E-state index in [1.165, 1.54) is 0 Å². The highest BCUT2D eigenvalue weighted by Gasteiger charge is 2.25. The standard InChI is InChI=1S/C13H18N2O/c1-10(2)14-7-8-15-12-6-4-3-5-11(12)9-13(15)16/h3-6,10,14H,7-9H2,1-2H3. The van der Waals surface area contributed by atoms with Gasteiger partial charge in [-0.25, -0.2) is 0 Å². The van der Waals surface area contributed by atoms with E-state index in [0.717, 1.165) is 24.3 Å². The van der Waals surface area contributed by atoms with Crippen molar-refractivity contribution in [3.63, 3.8) is 0 Å². The number of hydrogen-bond acceptors (Lipinski definition) is 2. The van der Waals surface area contributed by atoms with Gasteiger partial charge in [-0.15, -0.1) is 0 Å². The zero-order valence-electron chi connectivity index (χ0n) is 9.86. The maximum Gasteiger partial charge on any atom is 0.231 e. The van der Waals surface area contributed by atoms with Gasteiger partial charge in [0.1, 0.15) is 0 Å². The third kappa shape index (κ3) is 2.25. The number of nitrogens with zero attached hydrogens (tertiary/aromatic N) is 1. The molecular formula is C13H18N2O. The van der Waals surface area contributed by atoms with Gasteiger partial charge in [0, 0.05) is 24.8 Å². The van der Waals surface area contributed by atoms with Crippen LogP contribution in [0.1, 0.15) is 19.4 Å². The molecule has 2 rings (SSSR count). The molecule has 1 aromatic carbocycles. The van der Waals surface area contributed by atoms with Crippen LogP contribution in [0, 0.1) is 0 Å². The first kappa shape index (κ1) is 11.1. The number of carbonyl (C=O) groups is 1. The molecule has 0 saturated carbocycles. The Morgan fingerprint density at radius 1 is 1.38 bits per heavy atom. The van der Waals surface area contributed by atoms with Crippen molar-refractivity contribution in [1.29, 1.82) is 0 Å². The monoisotopic (exact) mass is 218 g/mol. The minimum absolute atomic E-state index is 0.215. The summed E-state index contributed by atoms with van der Waals surface area (Å²) in [6.45, 7) is 5.82. The summed E-state index contributed by atoms with van der Waals surface area (Å²) in [5.74, 6) is 0.215. The summed E-state index contributed by atoms with van der Waals surface area (Å²) < 4.78 is 0. The number of fused-ring (bicyclic) bond motifs is 1. The number of benzene rings is 1. The Morgan fingerprint density at radius 2 is 2.12 bits per heavy atom. The van der Waals surface area contributed by atoms with E-state index in [4.69, 9.17) is 0 Å². The van der Waals surface area contributed by atoms with E-state index in [9.17, 15) is 4.79 Å². The van der Waals surface area contributed by atoms with Gasteiger partial charge in [0.05, 0.1) is 6.42 Å². The quantitative estimate of drug-likeness (QED) is 0.832. The van der Waals surface area contributed by atoms with Gasteiger partial charge in [-0.3, -0.25) is 4.79 Å². The highest BCUT2D eigenvalue weighted by Crippen LogP contribution is 2.27. The topological polar surface area (TPSA) is 32.3 Å². The number of para-hydroxylation sites is 1. The number of hydrogen-bond donors (Lipinski definition) is 1. The second-order valence-corrected chi connectivity index (χ2v) is 4.46. The van der Waals surface area contributed by atoms with Gasteiger partial charge in [-0.1, -0.05) is 32.0 Å². The number of amides is 1. The molecule has 0 spiro atoms. The zero-order valence-corrected chi connectivity index (χ0v) is 9.86. The molecule has 1 N–H and O–H groups in total. The van der Waals surface area contributed by atoms with Crippen LogP contribution in [-0.4, -0.2) is 25.0 Å². The minimum Gasteiger partial charge on any atom is -0.313 e. The highest BCUT2D eigenvalue weighted by molar-refractivity contribution is 6.01. The second-order valence-electron chi connectivity index (χ2n) is 4.46. The van der Waals surface area contributed by atoms with Crippen LogP contribution in [-0.2, 0) is 11.2 Å². The van der Waals surface area contributed by atoms with Crippen molar-refractivity contribution in [2.45, 2.75) is 26.3 Å². The van der Waals surface area contributed by atoms with Crippen LogP contribution in [0.5, 0.6) is 0 Å². The average molecular weight is 218 g/mol. The molecule has 3 heteroatoms. The summed E-state index contributed by atoms with van der Waals surface area (Å²) in [7, 11) is 0. The molecule has 1 aliphatic heterocycles. The van der Waals surface area contributed by atoms with Crippen LogP contribution >= 0.6 is 0 Å². The van der Waals surface area contributed by atoms with Crippen LogP contribution in [0.15, 0.2) is 24.3 Å². The van der Waals surface area contributed by atoms with E-state index in [1.807, 2.05) is 29.2 Å². The molecule has 1 aromatic rings. The summed E-state index contributed by atoms with van der Waals surface area (Å²) in [5, 5.41) is 3.33. The van der Waals surface area contributed by atoms with E-state index in [2.05, 4.69) is 19.2 Å². The summed E-state index contributed by atoms with van der Waals surface area (Å²) >= 11 is 0. The molecule has 3 nitrogen and oxygen atoms in total. The molecular weight excluding hydrogens is 200 g/mol. The molecule has 1 amide bonds. The van der Waals surface area contributed by atoms with Gasteiger partial charge in [-0.2, -0.15) is 0 Å². The van der Waals surface area contributed by atoms with Gasteiger partial charge in [0.25, 0.3) is 0 Å². The number of anilines is 1. The van der Waals surface area contributed by atoms with Crippen LogP contribution in [0.3, 0.4) is 0 Å². The van der Waals surface area contributed by atoms with Crippen molar-refractivity contribution >= 4 is 11.6 Å². The molecule has 0 radical (unpaired) electrons. The first-order valence-electron chi connectivity index (χ1n) is 5.80. The number of nitrogens with one attached hydrogen (secondary N) is 1. The first-order valence-corrected chi connectivity index (χ1v) is 5.80. The molecule has 0 unspecified atom stereocenters. The highest BCUT2D eigenvalue weighted by atomic mass is 16.2. The summed E-state index contributed by atoms with van der Waals surface area (Å²) in [6.07, 6.45) is 0.553. The molecule has 86 valence electrons. The Labute approximate surface area is 96.5 Å². The summed E-state index contributed by atoms with van der Waals surface area (Å²) in [4.78, 5) is 13.7. The molecule has 1 aliphatic rings. The molecule has 1 heterocycles. The number of carbonyl (C=O) groups excluding carboxylic acids is 1. The molecule has 0 aromatic heterocycles. The third-order valence-electron chi connectivity index (χ3n) is 2.81. The van der Waals surface area contributed by atoms with Crippen molar-refractivity contribution < 1.29 is 4.79 Å². The summed E-state index contributed by atoms with van der Waals surface area (Å²) in [5.41, 5.74) is 2.23. The minimum atomic E-state index is 0.215.